The van der Waals surface area contributed by atoms with E-state index in [0.29, 0.717) is 0 Å². The van der Waals surface area contributed by atoms with Gasteiger partial charge in [0, 0.05) is 0 Å². The van der Waals surface area contributed by atoms with Crippen molar-refractivity contribution in [2.24, 2.45) is 0 Å². The van der Waals surface area contributed by atoms with Crippen LogP contribution in [0.5, 0.6) is 0 Å². The average molecular weight is 315 g/mol. The molecule has 0 atom stereocenters. The van der Waals surface area contributed by atoms with Gasteiger partial charge in [-0.1, -0.05) is 0 Å². The number of benzene rings is 1. The standard InChI is InChI=1S/C18H32ClP/c1-4-7-15-20(19,16-8-5-2,17-9-6-3)18-13-11-10-12-14-18/h10-14H,4-9,15-17H2,1-3H3. The maximum absolute atomic E-state index is 7.59. The quantitative estimate of drug-likeness (QED) is 0.437. The Bertz CT molecular complexity index is 350. The van der Waals surface area contributed by atoms with Crippen LogP contribution in [0.4, 0.5) is 0 Å². The topological polar surface area (TPSA) is 0 Å². The molecule has 0 spiro atoms. The molecule has 0 aliphatic rings. The van der Waals surface area contributed by atoms with Gasteiger partial charge in [0.25, 0.3) is 0 Å². The van der Waals surface area contributed by atoms with E-state index in [2.05, 4.69) is 51.1 Å². The van der Waals surface area contributed by atoms with E-state index in [1.807, 2.05) is 0 Å². The van der Waals surface area contributed by atoms with Gasteiger partial charge in [-0.3, -0.25) is 0 Å². The van der Waals surface area contributed by atoms with Gasteiger partial charge in [-0.15, -0.1) is 0 Å². The van der Waals surface area contributed by atoms with Crippen molar-refractivity contribution >= 4 is 22.5 Å². The van der Waals surface area contributed by atoms with E-state index in [1.165, 1.54) is 62.3 Å². The molecule has 0 aromatic heterocycles. The first-order valence-electron chi connectivity index (χ1n) is 8.37. The van der Waals surface area contributed by atoms with Crippen LogP contribution in [0, 0.1) is 0 Å². The normalized spacial score (nSPS) is 13.9. The van der Waals surface area contributed by atoms with Crippen LogP contribution in [0.2, 0.25) is 0 Å². The van der Waals surface area contributed by atoms with Crippen LogP contribution in [-0.2, 0) is 0 Å². The van der Waals surface area contributed by atoms with Crippen molar-refractivity contribution < 1.29 is 0 Å². The fraction of sp³-hybridized carbons (Fsp3) is 0.667. The van der Waals surface area contributed by atoms with Crippen LogP contribution in [0.3, 0.4) is 0 Å². The third-order valence-electron chi connectivity index (χ3n) is 4.47. The van der Waals surface area contributed by atoms with Gasteiger partial charge in [0.2, 0.25) is 0 Å². The maximum atomic E-state index is 7.59. The molecule has 2 heteroatoms. The summed E-state index contributed by atoms with van der Waals surface area (Å²) in [7, 11) is 0. The third-order valence-corrected chi connectivity index (χ3v) is 12.2. The zero-order valence-electron chi connectivity index (χ0n) is 13.6. The fourth-order valence-corrected chi connectivity index (χ4v) is 9.98. The van der Waals surface area contributed by atoms with Crippen molar-refractivity contribution in [1.82, 2.24) is 0 Å². The van der Waals surface area contributed by atoms with Crippen LogP contribution in [-0.4, -0.2) is 18.5 Å². The summed E-state index contributed by atoms with van der Waals surface area (Å²) in [5.74, 6) is -2.25. The Morgan fingerprint density at radius 3 is 1.50 bits per heavy atom. The van der Waals surface area contributed by atoms with E-state index in [1.54, 1.807) is 0 Å². The molecule has 0 radical (unpaired) electrons. The molecule has 1 rings (SSSR count). The summed E-state index contributed by atoms with van der Waals surface area (Å²) in [6, 6.07) is 11.0. The predicted molar refractivity (Wildman–Crippen MR) is 98.2 cm³/mol. The van der Waals surface area contributed by atoms with Crippen LogP contribution >= 0.6 is 17.2 Å². The molecule has 0 aliphatic heterocycles. The van der Waals surface area contributed by atoms with Crippen molar-refractivity contribution in [3.05, 3.63) is 30.3 Å². The van der Waals surface area contributed by atoms with Gasteiger partial charge < -0.3 is 0 Å². The molecule has 20 heavy (non-hydrogen) atoms. The summed E-state index contributed by atoms with van der Waals surface area (Å²) in [5.41, 5.74) is 0. The molecular formula is C18H32ClP. The van der Waals surface area contributed by atoms with E-state index in [4.69, 9.17) is 11.2 Å². The van der Waals surface area contributed by atoms with Gasteiger partial charge >= 0.3 is 131 Å². The summed E-state index contributed by atoms with van der Waals surface area (Å²) in [6.07, 6.45) is 11.2. The summed E-state index contributed by atoms with van der Waals surface area (Å²) in [4.78, 5) is 0. The second-order valence-corrected chi connectivity index (χ2v) is 13.8. The number of hydrogen-bond donors (Lipinski definition) is 0. The Kier molecular flexibility index (Phi) is 7.56. The van der Waals surface area contributed by atoms with Crippen molar-refractivity contribution in [2.45, 2.75) is 59.3 Å². The summed E-state index contributed by atoms with van der Waals surface area (Å²) in [5, 5.41) is 1.47. The molecule has 0 heterocycles. The molecule has 0 unspecified atom stereocenters. The van der Waals surface area contributed by atoms with Crippen LogP contribution in [0.25, 0.3) is 0 Å². The summed E-state index contributed by atoms with van der Waals surface area (Å²) < 4.78 is 0. The van der Waals surface area contributed by atoms with Gasteiger partial charge in [0.15, 0.2) is 0 Å². The van der Waals surface area contributed by atoms with Crippen LogP contribution in [0.1, 0.15) is 59.3 Å². The van der Waals surface area contributed by atoms with Gasteiger partial charge in [-0.2, -0.15) is 0 Å². The summed E-state index contributed by atoms with van der Waals surface area (Å²) in [6.45, 7) is 6.84. The first-order chi connectivity index (χ1) is 9.59. The molecule has 1 aromatic rings. The van der Waals surface area contributed by atoms with Crippen molar-refractivity contribution in [2.75, 3.05) is 18.5 Å². The van der Waals surface area contributed by atoms with Gasteiger partial charge in [-0.05, 0) is 0 Å². The fourth-order valence-electron chi connectivity index (χ4n) is 3.08. The second kappa shape index (κ2) is 8.40. The molecule has 0 nitrogen and oxygen atoms in total. The van der Waals surface area contributed by atoms with E-state index < -0.39 is 5.96 Å². The molecule has 116 valence electrons. The molecule has 0 saturated heterocycles. The molecule has 0 fully saturated rings. The van der Waals surface area contributed by atoms with E-state index in [9.17, 15) is 0 Å². The van der Waals surface area contributed by atoms with Crippen molar-refractivity contribution in [1.29, 1.82) is 0 Å². The molecule has 0 saturated carbocycles. The van der Waals surface area contributed by atoms with Gasteiger partial charge in [0.05, 0.1) is 0 Å². The monoisotopic (exact) mass is 314 g/mol. The van der Waals surface area contributed by atoms with E-state index >= 15 is 0 Å². The number of unbranched alkanes of at least 4 members (excludes halogenated alkanes) is 3. The Morgan fingerprint density at radius 1 is 0.750 bits per heavy atom. The Balaban J connectivity index is 3.16. The third kappa shape index (κ3) is 4.47. The Morgan fingerprint density at radius 2 is 1.15 bits per heavy atom. The van der Waals surface area contributed by atoms with Crippen LogP contribution in [0.15, 0.2) is 30.3 Å². The first kappa shape index (κ1) is 18.0. The van der Waals surface area contributed by atoms with Crippen molar-refractivity contribution in [3.63, 3.8) is 0 Å². The Labute approximate surface area is 131 Å². The minimum absolute atomic E-state index is 1.23. The van der Waals surface area contributed by atoms with E-state index in [0.717, 1.165) is 0 Å². The predicted octanol–water partition coefficient (Wildman–Crippen LogP) is 6.42. The Hall–Kier alpha value is -0.0600. The molecule has 1 aromatic carbocycles. The summed E-state index contributed by atoms with van der Waals surface area (Å²) >= 11 is 7.59. The number of rotatable bonds is 10. The van der Waals surface area contributed by atoms with Crippen LogP contribution < -0.4 is 5.30 Å². The van der Waals surface area contributed by atoms with Gasteiger partial charge in [-0.25, -0.2) is 0 Å². The molecule has 0 amide bonds. The zero-order valence-corrected chi connectivity index (χ0v) is 15.2. The molecular weight excluding hydrogens is 283 g/mol. The van der Waals surface area contributed by atoms with Gasteiger partial charge in [0.1, 0.15) is 0 Å². The number of halogens is 1. The zero-order chi connectivity index (χ0) is 14.9. The second-order valence-electron chi connectivity index (χ2n) is 6.16. The van der Waals surface area contributed by atoms with Crippen molar-refractivity contribution in [3.8, 4) is 0 Å². The average Bonchev–Trinajstić information content (AvgIpc) is 2.50. The molecule has 0 N–H and O–H groups in total. The first-order valence-corrected chi connectivity index (χ1v) is 12.1. The minimum atomic E-state index is -2.25. The molecule has 0 aliphatic carbocycles. The molecule has 0 bridgehead atoms. The van der Waals surface area contributed by atoms with E-state index in [-0.39, 0.29) is 0 Å². The SMILES string of the molecule is CCCCP(Cl)(CCCC)(CCCC)c1ccccc1. The number of hydrogen-bond acceptors (Lipinski definition) is 0.